The minimum absolute atomic E-state index is 0.513. The number of ether oxygens (including phenoxy) is 2. The van der Waals surface area contributed by atoms with Crippen molar-refractivity contribution in [3.05, 3.63) is 53.1 Å². The third-order valence-corrected chi connectivity index (χ3v) is 2.88. The fourth-order valence-electron chi connectivity index (χ4n) is 1.77. The second-order valence-electron chi connectivity index (χ2n) is 4.20. The molecule has 0 aromatic heterocycles. The number of anilines is 1. The minimum atomic E-state index is 0.513. The number of benzene rings is 2. The highest BCUT2D eigenvalue weighted by molar-refractivity contribution is 6.30. The summed E-state index contributed by atoms with van der Waals surface area (Å²) in [4.78, 5) is 0. The number of allylic oxidation sites excluding steroid dienone is 1. The summed E-state index contributed by atoms with van der Waals surface area (Å²) in [5.41, 5.74) is 7.06. The van der Waals surface area contributed by atoms with Gasteiger partial charge in [-0.05, 0) is 42.0 Å². The third-order valence-electron chi connectivity index (χ3n) is 2.66. The van der Waals surface area contributed by atoms with Crippen molar-refractivity contribution in [2.45, 2.75) is 0 Å². The molecule has 0 bridgehead atoms. The first-order chi connectivity index (χ1) is 10.1. The molecular weight excluding hydrogens is 288 g/mol. The molecule has 0 aliphatic rings. The molecule has 0 fully saturated rings. The van der Waals surface area contributed by atoms with Crippen molar-refractivity contribution < 1.29 is 9.47 Å². The molecule has 0 atom stereocenters. The van der Waals surface area contributed by atoms with E-state index in [0.717, 1.165) is 5.56 Å². The summed E-state index contributed by atoms with van der Waals surface area (Å²) < 4.78 is 11.0. The van der Waals surface area contributed by atoms with Crippen molar-refractivity contribution in [2.75, 3.05) is 12.8 Å². The number of nitrogens with zero attached hydrogens (tertiary/aromatic N) is 1. The molecule has 0 heterocycles. The number of hydrogen-bond donors (Lipinski definition) is 1. The van der Waals surface area contributed by atoms with Crippen LogP contribution in [0.25, 0.3) is 6.08 Å². The number of hydrogen-bond acceptors (Lipinski definition) is 4. The van der Waals surface area contributed by atoms with E-state index in [1.54, 1.807) is 49.6 Å². The summed E-state index contributed by atoms with van der Waals surface area (Å²) in [7, 11) is 1.54. The highest BCUT2D eigenvalue weighted by Crippen LogP contribution is 2.34. The van der Waals surface area contributed by atoms with Gasteiger partial charge in [0.15, 0.2) is 11.5 Å². The predicted octanol–water partition coefficient (Wildman–Crippen LogP) is 4.26. The van der Waals surface area contributed by atoms with E-state index in [1.807, 2.05) is 6.07 Å². The van der Waals surface area contributed by atoms with Gasteiger partial charge in [0.05, 0.1) is 13.2 Å². The van der Waals surface area contributed by atoms with Crippen molar-refractivity contribution in [1.29, 1.82) is 5.26 Å². The molecule has 2 aromatic carbocycles. The van der Waals surface area contributed by atoms with Crippen LogP contribution in [0, 0.1) is 11.3 Å². The summed E-state index contributed by atoms with van der Waals surface area (Å²) in [6, 6.07) is 12.2. The van der Waals surface area contributed by atoms with E-state index >= 15 is 0 Å². The molecule has 2 N–H and O–H groups in total. The second-order valence-corrected chi connectivity index (χ2v) is 4.63. The molecule has 0 spiro atoms. The topological polar surface area (TPSA) is 68.3 Å². The molecule has 0 aliphatic carbocycles. The van der Waals surface area contributed by atoms with Crippen LogP contribution in [-0.2, 0) is 0 Å². The lowest BCUT2D eigenvalue weighted by molar-refractivity contribution is 0.379. The zero-order valence-electron chi connectivity index (χ0n) is 11.3. The molecule has 4 nitrogen and oxygen atoms in total. The van der Waals surface area contributed by atoms with Crippen molar-refractivity contribution in [1.82, 2.24) is 0 Å². The Morgan fingerprint density at radius 1 is 1.19 bits per heavy atom. The smallest absolute Gasteiger partial charge is 0.169 e. The van der Waals surface area contributed by atoms with E-state index in [2.05, 4.69) is 0 Å². The third kappa shape index (κ3) is 3.91. The second kappa shape index (κ2) is 6.69. The monoisotopic (exact) mass is 300 g/mol. The normalized spacial score (nSPS) is 10.3. The van der Waals surface area contributed by atoms with Gasteiger partial charge in [0.1, 0.15) is 5.75 Å². The molecule has 0 saturated carbocycles. The van der Waals surface area contributed by atoms with Gasteiger partial charge in [0, 0.05) is 22.9 Å². The number of nitriles is 1. The molecule has 0 radical (unpaired) electrons. The molecule has 21 heavy (non-hydrogen) atoms. The van der Waals surface area contributed by atoms with Crippen LogP contribution in [0.5, 0.6) is 17.2 Å². The zero-order valence-corrected chi connectivity index (χ0v) is 12.1. The first-order valence-corrected chi connectivity index (χ1v) is 6.48. The first kappa shape index (κ1) is 14.8. The number of methoxy groups -OCH3 is 1. The van der Waals surface area contributed by atoms with Crippen molar-refractivity contribution in [3.63, 3.8) is 0 Å². The summed E-state index contributed by atoms with van der Waals surface area (Å²) >= 11 is 6.05. The zero-order chi connectivity index (χ0) is 15.2. The van der Waals surface area contributed by atoms with Gasteiger partial charge in [-0.3, -0.25) is 0 Å². The van der Waals surface area contributed by atoms with Crippen LogP contribution >= 0.6 is 11.6 Å². The Hall–Kier alpha value is -2.64. The Labute approximate surface area is 128 Å². The van der Waals surface area contributed by atoms with Crippen LogP contribution in [0.1, 0.15) is 5.56 Å². The fraction of sp³-hybridized carbons (Fsp3) is 0.0625. The van der Waals surface area contributed by atoms with Crippen LogP contribution in [0.15, 0.2) is 42.5 Å². The molecular formula is C16H13ClN2O2. The van der Waals surface area contributed by atoms with Gasteiger partial charge in [-0.15, -0.1) is 0 Å². The lowest BCUT2D eigenvalue weighted by Gasteiger charge is -2.11. The molecule has 0 unspecified atom stereocenters. The Kier molecular flexibility index (Phi) is 4.70. The molecule has 106 valence electrons. The number of nitrogens with two attached hydrogens (primary N) is 1. The van der Waals surface area contributed by atoms with E-state index in [4.69, 9.17) is 32.1 Å². The van der Waals surface area contributed by atoms with Crippen molar-refractivity contribution in [3.8, 4) is 23.3 Å². The van der Waals surface area contributed by atoms with Crippen LogP contribution in [0.2, 0.25) is 5.02 Å². The maximum absolute atomic E-state index is 8.57. The highest BCUT2D eigenvalue weighted by atomic mass is 35.5. The largest absolute Gasteiger partial charge is 0.493 e. The number of nitrogen functional groups attached to an aromatic ring is 1. The SMILES string of the molecule is COc1cc(N)ccc1Oc1cc(Cl)cc(C=CC#N)c1. The number of rotatable bonds is 4. The quantitative estimate of drug-likeness (QED) is 0.676. The van der Waals surface area contributed by atoms with Gasteiger partial charge in [0.2, 0.25) is 0 Å². The van der Waals surface area contributed by atoms with Gasteiger partial charge in [0.25, 0.3) is 0 Å². The summed E-state index contributed by atoms with van der Waals surface area (Å²) in [5, 5.41) is 9.08. The average Bonchev–Trinajstić information content (AvgIpc) is 2.46. The summed E-state index contributed by atoms with van der Waals surface area (Å²) in [5.74, 6) is 1.61. The maximum atomic E-state index is 8.57. The van der Waals surface area contributed by atoms with E-state index in [9.17, 15) is 0 Å². The molecule has 0 saturated heterocycles. The van der Waals surface area contributed by atoms with Gasteiger partial charge >= 0.3 is 0 Å². The average molecular weight is 301 g/mol. The van der Waals surface area contributed by atoms with E-state index in [0.29, 0.717) is 28.0 Å². The molecule has 2 aromatic rings. The Morgan fingerprint density at radius 3 is 2.71 bits per heavy atom. The Balaban J connectivity index is 2.33. The highest BCUT2D eigenvalue weighted by Gasteiger charge is 2.07. The summed E-state index contributed by atoms with van der Waals surface area (Å²) in [6.45, 7) is 0. The molecule has 2 rings (SSSR count). The van der Waals surface area contributed by atoms with Gasteiger partial charge in [-0.1, -0.05) is 11.6 Å². The van der Waals surface area contributed by atoms with E-state index in [1.165, 1.54) is 6.08 Å². The van der Waals surface area contributed by atoms with Crippen LogP contribution in [0.3, 0.4) is 0 Å². The van der Waals surface area contributed by atoms with E-state index in [-0.39, 0.29) is 0 Å². The maximum Gasteiger partial charge on any atom is 0.169 e. The number of halogens is 1. The standard InChI is InChI=1S/C16H13ClN2O2/c1-20-16-10-13(19)4-5-15(16)21-14-8-11(3-2-6-18)7-12(17)9-14/h2-5,7-10H,19H2,1H3. The lowest BCUT2D eigenvalue weighted by Crippen LogP contribution is -1.93. The van der Waals surface area contributed by atoms with Gasteiger partial charge < -0.3 is 15.2 Å². The van der Waals surface area contributed by atoms with Gasteiger partial charge in [-0.2, -0.15) is 5.26 Å². The molecule has 0 amide bonds. The van der Waals surface area contributed by atoms with Crippen molar-refractivity contribution in [2.24, 2.45) is 0 Å². The Morgan fingerprint density at radius 2 is 2.00 bits per heavy atom. The Bertz CT molecular complexity index is 721. The molecule has 0 aliphatic heterocycles. The van der Waals surface area contributed by atoms with Gasteiger partial charge in [-0.25, -0.2) is 0 Å². The fourth-order valence-corrected chi connectivity index (χ4v) is 2.00. The molecule has 5 heteroatoms. The lowest BCUT2D eigenvalue weighted by atomic mass is 10.2. The predicted molar refractivity (Wildman–Crippen MR) is 83.6 cm³/mol. The van der Waals surface area contributed by atoms with Crippen molar-refractivity contribution >= 4 is 23.4 Å². The van der Waals surface area contributed by atoms with Crippen LogP contribution < -0.4 is 15.2 Å². The summed E-state index contributed by atoms with van der Waals surface area (Å²) in [6.07, 6.45) is 3.03. The minimum Gasteiger partial charge on any atom is -0.493 e. The first-order valence-electron chi connectivity index (χ1n) is 6.10. The van der Waals surface area contributed by atoms with Crippen LogP contribution in [0.4, 0.5) is 5.69 Å². The van der Waals surface area contributed by atoms with Crippen LogP contribution in [-0.4, -0.2) is 7.11 Å². The van der Waals surface area contributed by atoms with E-state index < -0.39 is 0 Å².